The molecule has 23 heavy (non-hydrogen) atoms. The molecule has 0 saturated carbocycles. The average molecular weight is 328 g/mol. The molecule has 3 aliphatic rings. The fourth-order valence-electron chi connectivity index (χ4n) is 4.28. The smallest absolute Gasteiger partial charge is 0.423 e. The van der Waals surface area contributed by atoms with Gasteiger partial charge < -0.3 is 4.74 Å². The van der Waals surface area contributed by atoms with Gasteiger partial charge in [0.25, 0.3) is 0 Å². The predicted molar refractivity (Wildman–Crippen MR) is 92.0 cm³/mol. The number of amides is 1. The maximum absolute atomic E-state index is 13.1. The molecule has 0 fully saturated rings. The second kappa shape index (κ2) is 4.49. The van der Waals surface area contributed by atoms with Gasteiger partial charge in [-0.15, -0.1) is 17.1 Å². The third-order valence-corrected chi connectivity index (χ3v) is 5.43. The molecule has 0 N–H and O–H groups in total. The van der Waals surface area contributed by atoms with E-state index in [9.17, 15) is 4.79 Å². The van der Waals surface area contributed by atoms with E-state index in [2.05, 4.69) is 42.8 Å². The molecule has 1 spiro atoms. The van der Waals surface area contributed by atoms with E-state index in [1.165, 1.54) is 7.11 Å². The second-order valence-electron chi connectivity index (χ2n) is 6.12. The molecular formula is C17H18N3O2S+. The summed E-state index contributed by atoms with van der Waals surface area (Å²) in [6.07, 6.45) is 12.3. The molecule has 4 rings (SSSR count). The SMILES string of the molecule is COC(=O)[N+]12C(C)=CC=CC13CC=CC(C)=C3n1c(S)cnc12. The van der Waals surface area contributed by atoms with Crippen LogP contribution in [0.1, 0.15) is 20.3 Å². The monoisotopic (exact) mass is 328 g/mol. The molecule has 5 nitrogen and oxygen atoms in total. The lowest BCUT2D eigenvalue weighted by atomic mass is 9.80. The molecule has 1 amide bonds. The molecule has 1 aromatic rings. The number of quaternary nitrogens is 1. The Balaban J connectivity index is 2.20. The fraction of sp³-hybridized carbons (Fsp3) is 0.294. The standard InChI is InChI=1S/C17H17N3O2S/c1-11-6-4-8-17-9-5-7-12(2)20(17,16(21)22-3)15-18-10-13(23)19(15)14(11)17/h4-7,9-10H,8H2,1-3H3/p+1. The van der Waals surface area contributed by atoms with Gasteiger partial charge in [0.2, 0.25) is 0 Å². The number of nitrogens with zero attached hydrogens (tertiary/aromatic N) is 3. The van der Waals surface area contributed by atoms with Crippen molar-refractivity contribution in [3.8, 4) is 0 Å². The summed E-state index contributed by atoms with van der Waals surface area (Å²) >= 11 is 4.57. The van der Waals surface area contributed by atoms with Gasteiger partial charge in [0.1, 0.15) is 10.7 Å². The molecule has 2 atom stereocenters. The van der Waals surface area contributed by atoms with E-state index < -0.39 is 5.54 Å². The molecule has 3 heterocycles. The summed E-state index contributed by atoms with van der Waals surface area (Å²) in [5, 5.41) is 0.723. The van der Waals surface area contributed by atoms with Crippen LogP contribution in [-0.4, -0.2) is 28.3 Å². The summed E-state index contributed by atoms with van der Waals surface area (Å²) in [4.78, 5) is 17.6. The van der Waals surface area contributed by atoms with Crippen LogP contribution in [0.15, 0.2) is 52.9 Å². The van der Waals surface area contributed by atoms with Crippen LogP contribution in [0.25, 0.3) is 5.70 Å². The van der Waals surface area contributed by atoms with Gasteiger partial charge in [0.05, 0.1) is 19.0 Å². The van der Waals surface area contributed by atoms with Gasteiger partial charge in [-0.25, -0.2) is 4.57 Å². The van der Waals surface area contributed by atoms with Crippen molar-refractivity contribution >= 4 is 30.4 Å². The van der Waals surface area contributed by atoms with Gasteiger partial charge in [-0.3, -0.25) is 0 Å². The maximum atomic E-state index is 13.1. The van der Waals surface area contributed by atoms with Gasteiger partial charge >= 0.3 is 12.0 Å². The van der Waals surface area contributed by atoms with Gasteiger partial charge in [0, 0.05) is 13.3 Å². The van der Waals surface area contributed by atoms with Gasteiger partial charge in [-0.05, 0) is 24.6 Å². The number of aromatic nitrogens is 2. The Kier molecular flexibility index (Phi) is 2.84. The summed E-state index contributed by atoms with van der Waals surface area (Å²) in [5.74, 6) is 0.637. The summed E-state index contributed by atoms with van der Waals surface area (Å²) in [5.41, 5.74) is 2.48. The largest absolute Gasteiger partial charge is 0.529 e. The van der Waals surface area contributed by atoms with Crippen molar-refractivity contribution in [1.82, 2.24) is 14.0 Å². The first-order chi connectivity index (χ1) is 11.0. The number of carbonyl (C=O) groups excluding carboxylic acids is 1. The first-order valence-electron chi connectivity index (χ1n) is 7.50. The molecule has 1 aromatic heterocycles. The first-order valence-corrected chi connectivity index (χ1v) is 7.95. The molecule has 0 saturated heterocycles. The highest BCUT2D eigenvalue weighted by Gasteiger charge is 2.70. The zero-order chi connectivity index (χ0) is 16.4. The van der Waals surface area contributed by atoms with Crippen molar-refractivity contribution in [2.75, 3.05) is 7.11 Å². The number of carbonyl (C=O) groups is 1. The number of methoxy groups -OCH3 is 1. The Morgan fingerprint density at radius 1 is 1.48 bits per heavy atom. The highest BCUT2D eigenvalue weighted by Crippen LogP contribution is 2.57. The summed E-state index contributed by atoms with van der Waals surface area (Å²) < 4.78 is 7.18. The van der Waals surface area contributed by atoms with E-state index in [0.717, 1.165) is 22.0 Å². The zero-order valence-electron chi connectivity index (χ0n) is 13.3. The Morgan fingerprint density at radius 2 is 2.26 bits per heavy atom. The summed E-state index contributed by atoms with van der Waals surface area (Å²) in [6, 6.07) is 0. The van der Waals surface area contributed by atoms with E-state index in [0.29, 0.717) is 12.4 Å². The van der Waals surface area contributed by atoms with Crippen molar-refractivity contribution in [2.45, 2.75) is 30.8 Å². The number of thiol groups is 1. The Bertz CT molecular complexity index is 861. The molecule has 118 valence electrons. The van der Waals surface area contributed by atoms with Crippen LogP contribution in [0.3, 0.4) is 0 Å². The number of imidazole rings is 1. The Labute approximate surface area is 140 Å². The van der Waals surface area contributed by atoms with Gasteiger partial charge in [-0.1, -0.05) is 18.2 Å². The number of ether oxygens (including phenoxy) is 1. The number of allylic oxidation sites excluding steroid dienone is 5. The van der Waals surface area contributed by atoms with Gasteiger partial charge in [-0.2, -0.15) is 9.78 Å². The lowest BCUT2D eigenvalue weighted by Crippen LogP contribution is -2.66. The minimum Gasteiger partial charge on any atom is -0.423 e. The highest BCUT2D eigenvalue weighted by molar-refractivity contribution is 7.80. The van der Waals surface area contributed by atoms with Crippen LogP contribution in [0, 0.1) is 0 Å². The molecule has 6 heteroatoms. The molecule has 2 unspecified atom stereocenters. The van der Waals surface area contributed by atoms with Crippen molar-refractivity contribution in [1.29, 1.82) is 0 Å². The van der Waals surface area contributed by atoms with Crippen LogP contribution in [0.2, 0.25) is 0 Å². The molecule has 0 aromatic carbocycles. The molecule has 0 bridgehead atoms. The third kappa shape index (κ3) is 1.39. The number of fused-ring (bicyclic) bond motifs is 3. The van der Waals surface area contributed by atoms with E-state index in [-0.39, 0.29) is 10.6 Å². The molecule has 0 radical (unpaired) electrons. The van der Waals surface area contributed by atoms with Crippen LogP contribution < -0.4 is 4.48 Å². The molecule has 2 aliphatic heterocycles. The van der Waals surface area contributed by atoms with Crippen LogP contribution in [0.4, 0.5) is 10.7 Å². The maximum Gasteiger partial charge on any atom is 0.529 e. The average Bonchev–Trinajstić information content (AvgIpc) is 3.02. The van der Waals surface area contributed by atoms with Crippen LogP contribution in [0.5, 0.6) is 0 Å². The fourth-order valence-corrected chi connectivity index (χ4v) is 4.52. The minimum absolute atomic E-state index is 0.0580. The predicted octanol–water partition coefficient (Wildman–Crippen LogP) is 3.66. The number of hydrogen-bond acceptors (Lipinski definition) is 4. The summed E-state index contributed by atoms with van der Waals surface area (Å²) in [7, 11) is 1.43. The second-order valence-corrected chi connectivity index (χ2v) is 6.58. The lowest BCUT2D eigenvalue weighted by Gasteiger charge is -2.43. The minimum atomic E-state index is -0.564. The van der Waals surface area contributed by atoms with Crippen molar-refractivity contribution in [3.05, 3.63) is 47.8 Å². The molecule has 1 aliphatic carbocycles. The van der Waals surface area contributed by atoms with Crippen molar-refractivity contribution in [3.63, 3.8) is 0 Å². The van der Waals surface area contributed by atoms with Crippen molar-refractivity contribution < 1.29 is 9.53 Å². The summed E-state index contributed by atoms with van der Waals surface area (Å²) in [6.45, 7) is 4.01. The zero-order valence-corrected chi connectivity index (χ0v) is 14.2. The topological polar surface area (TPSA) is 44.1 Å². The highest BCUT2D eigenvalue weighted by atomic mass is 32.1. The number of rotatable bonds is 0. The Hall–Kier alpha value is -2.05. The van der Waals surface area contributed by atoms with E-state index in [4.69, 9.17) is 4.74 Å². The van der Waals surface area contributed by atoms with Crippen LogP contribution in [-0.2, 0) is 4.74 Å². The normalized spacial score (nSPS) is 30.7. The van der Waals surface area contributed by atoms with Crippen molar-refractivity contribution in [2.24, 2.45) is 0 Å². The van der Waals surface area contributed by atoms with Crippen LogP contribution >= 0.6 is 12.6 Å². The van der Waals surface area contributed by atoms with E-state index >= 15 is 0 Å². The van der Waals surface area contributed by atoms with E-state index in [1.54, 1.807) is 6.20 Å². The lowest BCUT2D eigenvalue weighted by molar-refractivity contribution is 0.118. The van der Waals surface area contributed by atoms with Gasteiger partial charge in [0.15, 0.2) is 5.54 Å². The quantitative estimate of drug-likeness (QED) is 0.584. The Morgan fingerprint density at radius 3 is 3.00 bits per heavy atom. The number of hydrogen-bond donors (Lipinski definition) is 1. The molecular weight excluding hydrogens is 310 g/mol. The first kappa shape index (κ1) is 14.5. The third-order valence-electron chi connectivity index (χ3n) is 5.11. The van der Waals surface area contributed by atoms with E-state index in [1.807, 2.05) is 23.6 Å².